The number of hydrogen-bond donors (Lipinski definition) is 1. The molecule has 1 heterocycles. The summed E-state index contributed by atoms with van der Waals surface area (Å²) in [5, 5.41) is 1.13. The van der Waals surface area contributed by atoms with Gasteiger partial charge < -0.3 is 10.3 Å². The standard InChI is InChI=1S/C21H14BrF3N2O/c22-14-4-1-3-12(9-14)11-27-17-6-2-5-16(20(26)28)19(17)15-8-7-13(10-18(15)27)21(23,24)25/h1-10H,11H2,(H2,26,28). The number of nitrogens with zero attached hydrogens (tertiary/aromatic N) is 1. The van der Waals surface area contributed by atoms with Crippen LogP contribution in [-0.4, -0.2) is 10.5 Å². The van der Waals surface area contributed by atoms with Crippen molar-refractivity contribution in [1.82, 2.24) is 4.57 Å². The second kappa shape index (κ2) is 6.67. The van der Waals surface area contributed by atoms with Crippen LogP contribution in [0.5, 0.6) is 0 Å². The third-order valence-corrected chi connectivity index (χ3v) is 5.21. The highest BCUT2D eigenvalue weighted by Gasteiger charge is 2.31. The van der Waals surface area contributed by atoms with Crippen LogP contribution in [0.25, 0.3) is 21.8 Å². The van der Waals surface area contributed by atoms with Crippen molar-refractivity contribution in [2.75, 3.05) is 0 Å². The van der Waals surface area contributed by atoms with E-state index in [2.05, 4.69) is 15.9 Å². The molecule has 1 amide bonds. The fourth-order valence-corrected chi connectivity index (χ4v) is 3.96. The van der Waals surface area contributed by atoms with E-state index in [0.717, 1.165) is 22.2 Å². The first-order valence-corrected chi connectivity index (χ1v) is 9.21. The quantitative estimate of drug-likeness (QED) is 0.429. The van der Waals surface area contributed by atoms with Gasteiger partial charge in [0.15, 0.2) is 0 Å². The number of amides is 1. The van der Waals surface area contributed by atoms with Gasteiger partial charge in [-0.05, 0) is 42.0 Å². The van der Waals surface area contributed by atoms with E-state index in [0.29, 0.717) is 28.4 Å². The maximum absolute atomic E-state index is 13.3. The first-order chi connectivity index (χ1) is 13.3. The van der Waals surface area contributed by atoms with Gasteiger partial charge in [0.2, 0.25) is 5.91 Å². The number of alkyl halides is 3. The Bertz CT molecular complexity index is 1230. The number of nitrogens with two attached hydrogens (primary N) is 1. The molecule has 0 unspecified atom stereocenters. The summed E-state index contributed by atoms with van der Waals surface area (Å²) in [6.07, 6.45) is -4.46. The monoisotopic (exact) mass is 446 g/mol. The van der Waals surface area contributed by atoms with Crippen molar-refractivity contribution >= 4 is 43.6 Å². The molecule has 0 radical (unpaired) electrons. The molecular formula is C21H14BrF3N2O. The molecule has 0 bridgehead atoms. The van der Waals surface area contributed by atoms with E-state index in [1.807, 2.05) is 24.3 Å². The molecule has 4 aromatic rings. The van der Waals surface area contributed by atoms with E-state index in [-0.39, 0.29) is 5.56 Å². The maximum Gasteiger partial charge on any atom is 0.416 e. The van der Waals surface area contributed by atoms with Crippen molar-refractivity contribution in [2.24, 2.45) is 5.73 Å². The molecule has 0 saturated carbocycles. The van der Waals surface area contributed by atoms with Crippen LogP contribution < -0.4 is 5.73 Å². The second-order valence-electron chi connectivity index (χ2n) is 6.51. The van der Waals surface area contributed by atoms with Crippen LogP contribution in [-0.2, 0) is 12.7 Å². The maximum atomic E-state index is 13.3. The minimum Gasteiger partial charge on any atom is -0.366 e. The number of hydrogen-bond acceptors (Lipinski definition) is 1. The summed E-state index contributed by atoms with van der Waals surface area (Å²) in [5.74, 6) is -0.619. The highest BCUT2D eigenvalue weighted by Crippen LogP contribution is 2.37. The zero-order chi connectivity index (χ0) is 20.1. The Balaban J connectivity index is 2.06. The van der Waals surface area contributed by atoms with Crippen molar-refractivity contribution in [2.45, 2.75) is 12.7 Å². The molecule has 0 aliphatic carbocycles. The van der Waals surface area contributed by atoms with Gasteiger partial charge in [-0.25, -0.2) is 0 Å². The minimum absolute atomic E-state index is 0.287. The molecule has 3 nitrogen and oxygen atoms in total. The molecule has 0 aliphatic heterocycles. The highest BCUT2D eigenvalue weighted by molar-refractivity contribution is 9.10. The summed E-state index contributed by atoms with van der Waals surface area (Å²) in [7, 11) is 0. The Morgan fingerprint density at radius 2 is 1.75 bits per heavy atom. The lowest BCUT2D eigenvalue weighted by Crippen LogP contribution is -2.11. The van der Waals surface area contributed by atoms with Crippen molar-refractivity contribution in [3.63, 3.8) is 0 Å². The molecule has 2 N–H and O–H groups in total. The highest BCUT2D eigenvalue weighted by atomic mass is 79.9. The van der Waals surface area contributed by atoms with Crippen molar-refractivity contribution < 1.29 is 18.0 Å². The van der Waals surface area contributed by atoms with Crippen LogP contribution in [0.3, 0.4) is 0 Å². The van der Waals surface area contributed by atoms with Gasteiger partial charge in [0.25, 0.3) is 0 Å². The van der Waals surface area contributed by atoms with Gasteiger partial charge in [0, 0.05) is 27.4 Å². The first-order valence-electron chi connectivity index (χ1n) is 8.42. The molecule has 0 aliphatic rings. The predicted octanol–water partition coefficient (Wildman–Crippen LogP) is 5.72. The van der Waals surface area contributed by atoms with Gasteiger partial charge in [-0.2, -0.15) is 13.2 Å². The normalized spacial score (nSPS) is 12.0. The van der Waals surface area contributed by atoms with E-state index >= 15 is 0 Å². The fourth-order valence-electron chi connectivity index (χ4n) is 3.51. The number of primary amides is 1. The molecule has 0 atom stereocenters. The smallest absolute Gasteiger partial charge is 0.366 e. The van der Waals surface area contributed by atoms with Crippen molar-refractivity contribution in [3.8, 4) is 0 Å². The number of halogens is 4. The summed E-state index contributed by atoms with van der Waals surface area (Å²) >= 11 is 3.41. The van der Waals surface area contributed by atoms with Crippen LogP contribution in [0.4, 0.5) is 13.2 Å². The van der Waals surface area contributed by atoms with Crippen molar-refractivity contribution in [3.05, 3.63) is 81.8 Å². The lowest BCUT2D eigenvalue weighted by atomic mass is 10.0. The Morgan fingerprint density at radius 1 is 1.00 bits per heavy atom. The van der Waals surface area contributed by atoms with Crippen LogP contribution >= 0.6 is 15.9 Å². The number of benzene rings is 3. The molecular weight excluding hydrogens is 433 g/mol. The topological polar surface area (TPSA) is 48.0 Å². The zero-order valence-corrected chi connectivity index (χ0v) is 16.0. The average Bonchev–Trinajstić information content (AvgIpc) is 2.94. The summed E-state index contributed by atoms with van der Waals surface area (Å²) in [4.78, 5) is 11.9. The van der Waals surface area contributed by atoms with E-state index in [1.165, 1.54) is 6.07 Å². The molecule has 0 fully saturated rings. The molecule has 3 aromatic carbocycles. The molecule has 0 spiro atoms. The number of rotatable bonds is 3. The van der Waals surface area contributed by atoms with E-state index in [4.69, 9.17) is 5.73 Å². The van der Waals surface area contributed by atoms with Gasteiger partial charge in [-0.3, -0.25) is 4.79 Å². The molecule has 0 saturated heterocycles. The Kier molecular flexibility index (Phi) is 4.42. The lowest BCUT2D eigenvalue weighted by Gasteiger charge is -2.10. The third kappa shape index (κ3) is 3.16. The number of aromatic nitrogens is 1. The lowest BCUT2D eigenvalue weighted by molar-refractivity contribution is -0.137. The molecule has 28 heavy (non-hydrogen) atoms. The largest absolute Gasteiger partial charge is 0.416 e. The van der Waals surface area contributed by atoms with Crippen LogP contribution in [0.15, 0.2) is 65.1 Å². The van der Waals surface area contributed by atoms with Gasteiger partial charge >= 0.3 is 6.18 Å². The van der Waals surface area contributed by atoms with Gasteiger partial charge in [-0.15, -0.1) is 0 Å². The van der Waals surface area contributed by atoms with E-state index in [1.54, 1.807) is 22.8 Å². The summed E-state index contributed by atoms with van der Waals surface area (Å²) in [6.45, 7) is 0.350. The molecule has 4 rings (SSSR count). The first kappa shape index (κ1) is 18.6. The number of carbonyl (C=O) groups excluding carboxylic acids is 1. The minimum atomic E-state index is -4.46. The van der Waals surface area contributed by atoms with E-state index in [9.17, 15) is 18.0 Å². The van der Waals surface area contributed by atoms with Crippen LogP contribution in [0.2, 0.25) is 0 Å². The zero-order valence-electron chi connectivity index (χ0n) is 14.4. The SMILES string of the molecule is NC(=O)c1cccc2c1c1ccc(C(F)(F)F)cc1n2Cc1cccc(Br)c1. The number of carbonyl (C=O) groups is 1. The predicted molar refractivity (Wildman–Crippen MR) is 106 cm³/mol. The van der Waals surface area contributed by atoms with E-state index < -0.39 is 17.6 Å². The van der Waals surface area contributed by atoms with Crippen molar-refractivity contribution in [1.29, 1.82) is 0 Å². The molecule has 1 aromatic heterocycles. The summed E-state index contributed by atoms with van der Waals surface area (Å²) < 4.78 is 42.6. The summed E-state index contributed by atoms with van der Waals surface area (Å²) in [5.41, 5.74) is 7.04. The van der Waals surface area contributed by atoms with Gasteiger partial charge in [0.05, 0.1) is 16.6 Å². The van der Waals surface area contributed by atoms with Gasteiger partial charge in [-0.1, -0.05) is 40.2 Å². The fraction of sp³-hybridized carbons (Fsp3) is 0.0952. The third-order valence-electron chi connectivity index (χ3n) is 4.71. The van der Waals surface area contributed by atoms with Crippen LogP contribution in [0.1, 0.15) is 21.5 Å². The summed E-state index contributed by atoms with van der Waals surface area (Å²) in [6, 6.07) is 16.2. The van der Waals surface area contributed by atoms with Crippen LogP contribution in [0, 0.1) is 0 Å². The average molecular weight is 447 g/mol. The Morgan fingerprint density at radius 3 is 2.43 bits per heavy atom. The Labute approximate surface area is 166 Å². The number of fused-ring (bicyclic) bond motifs is 3. The van der Waals surface area contributed by atoms with Gasteiger partial charge in [0.1, 0.15) is 0 Å². The second-order valence-corrected chi connectivity index (χ2v) is 7.43. The molecule has 7 heteroatoms. The molecule has 142 valence electrons. The Hall–Kier alpha value is -2.80.